The van der Waals surface area contributed by atoms with Gasteiger partial charge in [0.15, 0.2) is 0 Å². The van der Waals surface area contributed by atoms with Crippen molar-refractivity contribution >= 4 is 0 Å². The van der Waals surface area contributed by atoms with E-state index in [4.69, 9.17) is 10.00 Å². The van der Waals surface area contributed by atoms with E-state index in [1.165, 1.54) is 12.1 Å². The molecule has 0 aliphatic heterocycles. The van der Waals surface area contributed by atoms with Crippen LogP contribution in [0.3, 0.4) is 0 Å². The number of benzene rings is 2. The number of halogens is 1. The molecule has 0 aliphatic rings. The summed E-state index contributed by atoms with van der Waals surface area (Å²) in [5.41, 5.74) is 3.00. The van der Waals surface area contributed by atoms with Gasteiger partial charge in [-0.25, -0.2) is 9.37 Å². The number of imidazole rings is 1. The molecule has 3 rings (SSSR count). The van der Waals surface area contributed by atoms with Crippen LogP contribution in [0.2, 0.25) is 0 Å². The quantitative estimate of drug-likeness (QED) is 0.671. The largest absolute Gasteiger partial charge is 0.493 e. The highest BCUT2D eigenvalue weighted by Crippen LogP contribution is 2.34. The number of hydrogen-bond acceptors (Lipinski definition) is 3. The Morgan fingerprint density at radius 3 is 2.80 bits per heavy atom. The average Bonchev–Trinajstić information content (AvgIpc) is 3.14. The Balaban J connectivity index is 2.08. The predicted octanol–water partition coefficient (Wildman–Crippen LogP) is 4.40. The number of rotatable bonds is 6. The Hall–Kier alpha value is -3.13. The number of hydrogen-bond donors (Lipinski definition) is 0. The topological polar surface area (TPSA) is 50.8 Å². The third kappa shape index (κ3) is 3.86. The van der Waals surface area contributed by atoms with Gasteiger partial charge in [0, 0.05) is 24.5 Å². The molecule has 0 N–H and O–H groups in total. The maximum atomic E-state index is 13.9. The number of nitrogens with zero attached hydrogens (tertiary/aromatic N) is 3. The summed E-state index contributed by atoms with van der Waals surface area (Å²) in [6.45, 7) is 3.12. The number of nitriles is 1. The van der Waals surface area contributed by atoms with Crippen LogP contribution in [0.1, 0.15) is 24.5 Å². The van der Waals surface area contributed by atoms with Crippen molar-refractivity contribution in [3.8, 4) is 22.9 Å². The van der Waals surface area contributed by atoms with Crippen molar-refractivity contribution in [3.63, 3.8) is 0 Å². The molecule has 1 aromatic heterocycles. The lowest BCUT2D eigenvalue weighted by atomic mass is 9.97. The first-order valence-electron chi connectivity index (χ1n) is 8.12. The molecule has 0 spiro atoms. The van der Waals surface area contributed by atoms with E-state index in [0.717, 1.165) is 23.1 Å². The smallest absolute Gasteiger partial charge is 0.128 e. The van der Waals surface area contributed by atoms with Crippen LogP contribution in [0, 0.1) is 17.1 Å². The van der Waals surface area contributed by atoms with Gasteiger partial charge in [-0.05, 0) is 47.9 Å². The lowest BCUT2D eigenvalue weighted by Crippen LogP contribution is -2.02. The van der Waals surface area contributed by atoms with E-state index < -0.39 is 0 Å². The zero-order chi connectivity index (χ0) is 17.6. The molecule has 0 amide bonds. The third-order valence-electron chi connectivity index (χ3n) is 3.85. The first-order valence-corrected chi connectivity index (χ1v) is 8.12. The van der Waals surface area contributed by atoms with E-state index in [1.54, 1.807) is 30.7 Å². The molecule has 3 aromatic rings. The summed E-state index contributed by atoms with van der Waals surface area (Å²) in [4.78, 5) is 4.05. The second-order valence-electron chi connectivity index (χ2n) is 5.71. The van der Waals surface area contributed by atoms with Gasteiger partial charge in [-0.15, -0.1) is 0 Å². The monoisotopic (exact) mass is 335 g/mol. The van der Waals surface area contributed by atoms with E-state index in [9.17, 15) is 4.39 Å². The average molecular weight is 335 g/mol. The van der Waals surface area contributed by atoms with Crippen LogP contribution >= 0.6 is 0 Å². The summed E-state index contributed by atoms with van der Waals surface area (Å²) in [5.74, 6) is 0.286. The second kappa shape index (κ2) is 7.63. The van der Waals surface area contributed by atoms with Crippen LogP contribution in [0.15, 0.2) is 55.1 Å². The van der Waals surface area contributed by atoms with Gasteiger partial charge in [-0.2, -0.15) is 5.26 Å². The molecule has 126 valence electrons. The SMILES string of the molecule is CCCOc1cc(C#N)ccc1-c1cc(F)ccc1Cn1ccnc1. The minimum atomic E-state index is -0.310. The molecule has 0 saturated carbocycles. The molecule has 25 heavy (non-hydrogen) atoms. The minimum Gasteiger partial charge on any atom is -0.493 e. The van der Waals surface area contributed by atoms with Crippen LogP contribution < -0.4 is 4.74 Å². The Morgan fingerprint density at radius 2 is 2.08 bits per heavy atom. The maximum Gasteiger partial charge on any atom is 0.128 e. The van der Waals surface area contributed by atoms with Crippen molar-refractivity contribution < 1.29 is 9.13 Å². The number of ether oxygens (including phenoxy) is 1. The van der Waals surface area contributed by atoms with E-state index in [-0.39, 0.29) is 5.82 Å². The summed E-state index contributed by atoms with van der Waals surface area (Å²) in [6.07, 6.45) is 6.14. The molecule has 0 aliphatic carbocycles. The standard InChI is InChI=1S/C20H18FN3O/c1-2-9-25-20-10-15(12-22)3-6-18(20)19-11-17(21)5-4-16(19)13-24-8-7-23-14-24/h3-8,10-11,14H,2,9,13H2,1H3. The van der Waals surface area contributed by atoms with E-state index in [0.29, 0.717) is 24.5 Å². The molecule has 0 bridgehead atoms. The summed E-state index contributed by atoms with van der Waals surface area (Å²) in [5, 5.41) is 9.14. The van der Waals surface area contributed by atoms with Gasteiger partial charge < -0.3 is 9.30 Å². The zero-order valence-corrected chi connectivity index (χ0v) is 13.9. The molecular formula is C20H18FN3O. The molecule has 1 heterocycles. The normalized spacial score (nSPS) is 10.4. The van der Waals surface area contributed by atoms with Crippen molar-refractivity contribution in [1.82, 2.24) is 9.55 Å². The molecule has 0 unspecified atom stereocenters. The van der Waals surface area contributed by atoms with Crippen molar-refractivity contribution in [2.75, 3.05) is 6.61 Å². The fourth-order valence-corrected chi connectivity index (χ4v) is 2.66. The molecule has 0 fully saturated rings. The molecule has 4 nitrogen and oxygen atoms in total. The third-order valence-corrected chi connectivity index (χ3v) is 3.85. The summed E-state index contributed by atoms with van der Waals surface area (Å²) < 4.78 is 21.7. The Morgan fingerprint density at radius 1 is 1.20 bits per heavy atom. The highest BCUT2D eigenvalue weighted by Gasteiger charge is 2.13. The van der Waals surface area contributed by atoms with Crippen LogP contribution in [-0.2, 0) is 6.54 Å². The Labute approximate surface area is 146 Å². The van der Waals surface area contributed by atoms with Crippen LogP contribution in [0.25, 0.3) is 11.1 Å². The summed E-state index contributed by atoms with van der Waals surface area (Å²) >= 11 is 0. The molecule has 0 saturated heterocycles. The Kier molecular flexibility index (Phi) is 5.10. The minimum absolute atomic E-state index is 0.310. The van der Waals surface area contributed by atoms with Crippen LogP contribution in [0.5, 0.6) is 5.75 Å². The Bertz CT molecular complexity index is 898. The second-order valence-corrected chi connectivity index (χ2v) is 5.71. The number of aromatic nitrogens is 2. The maximum absolute atomic E-state index is 13.9. The molecular weight excluding hydrogens is 317 g/mol. The first kappa shape index (κ1) is 16.7. The lowest BCUT2D eigenvalue weighted by Gasteiger charge is -2.15. The van der Waals surface area contributed by atoms with Gasteiger partial charge in [0.1, 0.15) is 11.6 Å². The first-order chi connectivity index (χ1) is 12.2. The van der Waals surface area contributed by atoms with Gasteiger partial charge in [0.25, 0.3) is 0 Å². The van der Waals surface area contributed by atoms with Crippen LogP contribution in [-0.4, -0.2) is 16.2 Å². The van der Waals surface area contributed by atoms with Gasteiger partial charge in [-0.3, -0.25) is 0 Å². The zero-order valence-electron chi connectivity index (χ0n) is 13.9. The van der Waals surface area contributed by atoms with Gasteiger partial charge in [-0.1, -0.05) is 13.0 Å². The van der Waals surface area contributed by atoms with Crippen molar-refractivity contribution in [2.24, 2.45) is 0 Å². The molecule has 2 aromatic carbocycles. The molecule has 5 heteroatoms. The fourth-order valence-electron chi connectivity index (χ4n) is 2.66. The van der Waals surface area contributed by atoms with Crippen molar-refractivity contribution in [1.29, 1.82) is 5.26 Å². The molecule has 0 radical (unpaired) electrons. The predicted molar refractivity (Wildman–Crippen MR) is 93.7 cm³/mol. The van der Waals surface area contributed by atoms with Crippen LogP contribution in [0.4, 0.5) is 4.39 Å². The highest BCUT2D eigenvalue weighted by molar-refractivity contribution is 5.74. The van der Waals surface area contributed by atoms with Crippen molar-refractivity contribution in [3.05, 3.63) is 72.1 Å². The van der Waals surface area contributed by atoms with Gasteiger partial charge in [0.2, 0.25) is 0 Å². The van der Waals surface area contributed by atoms with E-state index in [1.807, 2.05) is 23.8 Å². The summed E-state index contributed by atoms with van der Waals surface area (Å²) in [7, 11) is 0. The summed E-state index contributed by atoms with van der Waals surface area (Å²) in [6, 6.07) is 12.1. The fraction of sp³-hybridized carbons (Fsp3) is 0.200. The lowest BCUT2D eigenvalue weighted by molar-refractivity contribution is 0.318. The molecule has 0 atom stereocenters. The van der Waals surface area contributed by atoms with Gasteiger partial charge >= 0.3 is 0 Å². The highest BCUT2D eigenvalue weighted by atomic mass is 19.1. The van der Waals surface area contributed by atoms with E-state index in [2.05, 4.69) is 11.1 Å². The van der Waals surface area contributed by atoms with Crippen molar-refractivity contribution in [2.45, 2.75) is 19.9 Å². The van der Waals surface area contributed by atoms with Gasteiger partial charge in [0.05, 0.1) is 24.6 Å². The van der Waals surface area contributed by atoms with E-state index >= 15 is 0 Å².